The lowest BCUT2D eigenvalue weighted by molar-refractivity contribution is -0.124. The summed E-state index contributed by atoms with van der Waals surface area (Å²) >= 11 is 0. The van der Waals surface area contributed by atoms with Crippen molar-refractivity contribution in [1.82, 2.24) is 0 Å². The fourth-order valence-electron chi connectivity index (χ4n) is 2.14. The summed E-state index contributed by atoms with van der Waals surface area (Å²) in [4.78, 5) is 12.4. The van der Waals surface area contributed by atoms with Crippen LogP contribution in [0, 0.1) is 0 Å². The lowest BCUT2D eigenvalue weighted by atomic mass is 9.88. The minimum absolute atomic E-state index is 0.0965. The number of ketones is 1. The fraction of sp³-hybridized carbons (Fsp3) is 0.235. The van der Waals surface area contributed by atoms with Gasteiger partial charge in [0.05, 0.1) is 5.92 Å². The standard InChI is InChI=1S/C17H18O2/c1-2-19-13-16(18)17(14-9-5-3-6-10-14)15-11-7-4-8-12-15/h3-12,17H,2,13H2,1H3. The maximum Gasteiger partial charge on any atom is 0.170 e. The Kier molecular flexibility index (Phi) is 4.87. The van der Waals surface area contributed by atoms with Gasteiger partial charge < -0.3 is 4.74 Å². The molecule has 19 heavy (non-hydrogen) atoms. The van der Waals surface area contributed by atoms with E-state index in [4.69, 9.17) is 4.74 Å². The third-order valence-corrected chi connectivity index (χ3v) is 3.04. The van der Waals surface area contributed by atoms with Gasteiger partial charge in [0.1, 0.15) is 6.61 Å². The minimum Gasteiger partial charge on any atom is -0.374 e. The number of carbonyl (C=O) groups excluding carboxylic acids is 1. The van der Waals surface area contributed by atoms with Crippen LogP contribution in [0.5, 0.6) is 0 Å². The fourth-order valence-corrected chi connectivity index (χ4v) is 2.14. The number of rotatable bonds is 6. The summed E-state index contributed by atoms with van der Waals surface area (Å²) in [7, 11) is 0. The quantitative estimate of drug-likeness (QED) is 0.789. The van der Waals surface area contributed by atoms with Crippen LogP contribution < -0.4 is 0 Å². The van der Waals surface area contributed by atoms with Crippen molar-refractivity contribution < 1.29 is 9.53 Å². The smallest absolute Gasteiger partial charge is 0.170 e. The Bertz CT molecular complexity index is 466. The molecule has 0 heterocycles. The van der Waals surface area contributed by atoms with E-state index in [9.17, 15) is 4.79 Å². The largest absolute Gasteiger partial charge is 0.374 e. The Hall–Kier alpha value is -1.93. The van der Waals surface area contributed by atoms with Crippen LogP contribution in [0.4, 0.5) is 0 Å². The van der Waals surface area contributed by atoms with Gasteiger partial charge in [0, 0.05) is 6.61 Å². The molecular weight excluding hydrogens is 236 g/mol. The zero-order chi connectivity index (χ0) is 13.5. The van der Waals surface area contributed by atoms with Crippen LogP contribution in [-0.2, 0) is 9.53 Å². The van der Waals surface area contributed by atoms with Crippen LogP contribution in [0.15, 0.2) is 60.7 Å². The van der Waals surface area contributed by atoms with Crippen molar-refractivity contribution in [2.24, 2.45) is 0 Å². The number of carbonyl (C=O) groups is 1. The summed E-state index contributed by atoms with van der Waals surface area (Å²) in [5, 5.41) is 0. The van der Waals surface area contributed by atoms with Gasteiger partial charge in [0.25, 0.3) is 0 Å². The second-order valence-corrected chi connectivity index (χ2v) is 4.36. The molecule has 0 bridgehead atoms. The van der Waals surface area contributed by atoms with Crippen molar-refractivity contribution in [1.29, 1.82) is 0 Å². The maximum absolute atomic E-state index is 12.4. The molecule has 0 unspecified atom stereocenters. The van der Waals surface area contributed by atoms with Crippen molar-refractivity contribution >= 4 is 5.78 Å². The van der Waals surface area contributed by atoms with E-state index in [2.05, 4.69) is 0 Å². The van der Waals surface area contributed by atoms with E-state index in [0.29, 0.717) is 6.61 Å². The maximum atomic E-state index is 12.4. The predicted octanol–water partition coefficient (Wildman–Crippen LogP) is 3.42. The molecule has 0 fully saturated rings. The molecule has 0 N–H and O–H groups in total. The molecule has 2 nitrogen and oxygen atoms in total. The van der Waals surface area contributed by atoms with E-state index in [0.717, 1.165) is 11.1 Å². The van der Waals surface area contributed by atoms with Crippen LogP contribution in [-0.4, -0.2) is 19.0 Å². The summed E-state index contributed by atoms with van der Waals surface area (Å²) in [5.74, 6) is -0.145. The van der Waals surface area contributed by atoms with Crippen LogP contribution >= 0.6 is 0 Å². The highest BCUT2D eigenvalue weighted by atomic mass is 16.5. The Labute approximate surface area is 114 Å². The van der Waals surface area contributed by atoms with Gasteiger partial charge in [-0.05, 0) is 18.1 Å². The van der Waals surface area contributed by atoms with Crippen LogP contribution in [0.2, 0.25) is 0 Å². The van der Waals surface area contributed by atoms with Crippen LogP contribution in [0.25, 0.3) is 0 Å². The predicted molar refractivity (Wildman–Crippen MR) is 76.2 cm³/mol. The first kappa shape index (κ1) is 13.5. The topological polar surface area (TPSA) is 26.3 Å². The van der Waals surface area contributed by atoms with Gasteiger partial charge in [0.15, 0.2) is 5.78 Å². The molecule has 0 amide bonds. The Morgan fingerprint density at radius 2 is 1.42 bits per heavy atom. The van der Waals surface area contributed by atoms with E-state index in [1.807, 2.05) is 67.6 Å². The molecule has 0 aliphatic rings. The highest BCUT2D eigenvalue weighted by molar-refractivity contribution is 5.90. The average molecular weight is 254 g/mol. The third-order valence-electron chi connectivity index (χ3n) is 3.04. The minimum atomic E-state index is -0.242. The number of hydrogen-bond donors (Lipinski definition) is 0. The SMILES string of the molecule is CCOCC(=O)C(c1ccccc1)c1ccccc1. The molecule has 0 saturated carbocycles. The van der Waals surface area contributed by atoms with Gasteiger partial charge >= 0.3 is 0 Å². The number of hydrogen-bond acceptors (Lipinski definition) is 2. The first-order valence-corrected chi connectivity index (χ1v) is 6.53. The Balaban J connectivity index is 2.31. The second-order valence-electron chi connectivity index (χ2n) is 4.36. The molecule has 0 spiro atoms. The van der Waals surface area contributed by atoms with Crippen molar-refractivity contribution in [2.75, 3.05) is 13.2 Å². The first-order chi connectivity index (χ1) is 9.33. The molecule has 0 aromatic heterocycles. The summed E-state index contributed by atoms with van der Waals surface area (Å²) in [6, 6.07) is 19.7. The summed E-state index contributed by atoms with van der Waals surface area (Å²) < 4.78 is 5.27. The van der Waals surface area contributed by atoms with Crippen molar-refractivity contribution in [2.45, 2.75) is 12.8 Å². The highest BCUT2D eigenvalue weighted by Gasteiger charge is 2.21. The summed E-state index contributed by atoms with van der Waals surface area (Å²) in [6.07, 6.45) is 0. The van der Waals surface area contributed by atoms with Gasteiger partial charge in [0.2, 0.25) is 0 Å². The number of ether oxygens (including phenoxy) is 1. The van der Waals surface area contributed by atoms with E-state index in [-0.39, 0.29) is 18.3 Å². The molecule has 2 heteroatoms. The Morgan fingerprint density at radius 3 is 1.84 bits per heavy atom. The second kappa shape index (κ2) is 6.86. The van der Waals surface area contributed by atoms with E-state index < -0.39 is 0 Å². The molecular formula is C17H18O2. The lowest BCUT2D eigenvalue weighted by Gasteiger charge is -2.16. The summed E-state index contributed by atoms with van der Waals surface area (Å²) in [6.45, 7) is 2.61. The monoisotopic (exact) mass is 254 g/mol. The van der Waals surface area contributed by atoms with Gasteiger partial charge in [-0.1, -0.05) is 60.7 Å². The normalized spacial score (nSPS) is 10.6. The average Bonchev–Trinajstić information content (AvgIpc) is 2.47. The van der Waals surface area contributed by atoms with E-state index in [1.165, 1.54) is 0 Å². The van der Waals surface area contributed by atoms with Crippen molar-refractivity contribution in [3.63, 3.8) is 0 Å². The first-order valence-electron chi connectivity index (χ1n) is 6.53. The molecule has 0 aliphatic carbocycles. The van der Waals surface area contributed by atoms with E-state index >= 15 is 0 Å². The van der Waals surface area contributed by atoms with E-state index in [1.54, 1.807) is 0 Å². The summed E-state index contributed by atoms with van der Waals surface area (Å²) in [5.41, 5.74) is 2.02. The highest BCUT2D eigenvalue weighted by Crippen LogP contribution is 2.25. The van der Waals surface area contributed by atoms with Gasteiger partial charge in [-0.2, -0.15) is 0 Å². The zero-order valence-electron chi connectivity index (χ0n) is 11.1. The zero-order valence-corrected chi connectivity index (χ0v) is 11.1. The Morgan fingerprint density at radius 1 is 0.947 bits per heavy atom. The molecule has 2 aromatic rings. The van der Waals surface area contributed by atoms with Crippen molar-refractivity contribution in [3.8, 4) is 0 Å². The third kappa shape index (κ3) is 3.52. The molecule has 98 valence electrons. The van der Waals surface area contributed by atoms with Gasteiger partial charge in [-0.15, -0.1) is 0 Å². The van der Waals surface area contributed by atoms with Crippen LogP contribution in [0.3, 0.4) is 0 Å². The number of Topliss-reactive ketones (excluding diaryl/α,β-unsaturated/α-hetero) is 1. The molecule has 2 rings (SSSR count). The number of benzene rings is 2. The molecule has 0 atom stereocenters. The van der Waals surface area contributed by atoms with Gasteiger partial charge in [-0.3, -0.25) is 4.79 Å². The molecule has 0 radical (unpaired) electrons. The molecule has 0 aliphatic heterocycles. The molecule has 2 aromatic carbocycles. The van der Waals surface area contributed by atoms with Crippen LogP contribution in [0.1, 0.15) is 24.0 Å². The lowest BCUT2D eigenvalue weighted by Crippen LogP contribution is -2.19. The molecule has 0 saturated heterocycles. The van der Waals surface area contributed by atoms with Crippen molar-refractivity contribution in [3.05, 3.63) is 71.8 Å². The van der Waals surface area contributed by atoms with Gasteiger partial charge in [-0.25, -0.2) is 0 Å².